The van der Waals surface area contributed by atoms with Gasteiger partial charge in [-0.05, 0) is 38.0 Å². The summed E-state index contributed by atoms with van der Waals surface area (Å²) in [7, 11) is 0. The van der Waals surface area contributed by atoms with Gasteiger partial charge >= 0.3 is 0 Å². The maximum absolute atomic E-state index is 11.2. The summed E-state index contributed by atoms with van der Waals surface area (Å²) in [5.74, 6) is 2.83. The van der Waals surface area contributed by atoms with E-state index < -0.39 is 17.7 Å². The second kappa shape index (κ2) is 10.7. The molecule has 0 radical (unpaired) electrons. The Morgan fingerprint density at radius 1 is 1.38 bits per heavy atom. The highest BCUT2D eigenvalue weighted by Gasteiger charge is 2.47. The number of fused-ring (bicyclic) bond motifs is 1. The van der Waals surface area contributed by atoms with E-state index in [0.29, 0.717) is 42.1 Å². The molecule has 156 valence electrons. The highest BCUT2D eigenvalue weighted by atomic mass is 16.5. The second-order valence-electron chi connectivity index (χ2n) is 6.71. The van der Waals surface area contributed by atoms with Crippen molar-refractivity contribution in [1.29, 1.82) is 5.26 Å². The molecule has 0 aliphatic carbocycles. The molecule has 2 rings (SSSR count). The Morgan fingerprint density at radius 2 is 2.14 bits per heavy atom. The van der Waals surface area contributed by atoms with Crippen molar-refractivity contribution in [3.63, 3.8) is 0 Å². The molecule has 1 aliphatic heterocycles. The van der Waals surface area contributed by atoms with Crippen LogP contribution in [-0.4, -0.2) is 42.6 Å². The third-order valence-corrected chi connectivity index (χ3v) is 5.12. The van der Waals surface area contributed by atoms with Crippen molar-refractivity contribution >= 4 is 5.94 Å². The number of aliphatic hydroxyl groups is 1. The van der Waals surface area contributed by atoms with Crippen LogP contribution in [-0.2, 0) is 14.3 Å². The first kappa shape index (κ1) is 22.5. The van der Waals surface area contributed by atoms with Gasteiger partial charge in [0.1, 0.15) is 35.8 Å². The lowest BCUT2D eigenvalue weighted by Crippen LogP contribution is -2.55. The number of rotatable bonds is 10. The van der Waals surface area contributed by atoms with E-state index in [1.54, 1.807) is 30.3 Å². The molecule has 0 spiro atoms. The number of nitriles is 1. The van der Waals surface area contributed by atoms with Crippen LogP contribution in [0.5, 0.6) is 5.75 Å². The fourth-order valence-electron chi connectivity index (χ4n) is 3.45. The molecule has 7 heteroatoms. The summed E-state index contributed by atoms with van der Waals surface area (Å²) in [4.78, 5) is 10.2. The molecule has 0 saturated heterocycles. The van der Waals surface area contributed by atoms with Gasteiger partial charge < -0.3 is 24.6 Å². The summed E-state index contributed by atoms with van der Waals surface area (Å²) in [5, 5.41) is 23.7. The van der Waals surface area contributed by atoms with Gasteiger partial charge in [-0.2, -0.15) is 5.26 Å². The van der Waals surface area contributed by atoms with Gasteiger partial charge in [-0.25, -0.2) is 4.79 Å². The van der Waals surface area contributed by atoms with Crippen molar-refractivity contribution in [2.45, 2.75) is 51.4 Å². The molecule has 1 aromatic carbocycles. The number of hydrogen-bond acceptors (Lipinski definition) is 7. The van der Waals surface area contributed by atoms with Crippen LogP contribution < -0.4 is 10.1 Å². The molecule has 7 nitrogen and oxygen atoms in total. The minimum absolute atomic E-state index is 0.136. The van der Waals surface area contributed by atoms with Gasteiger partial charge in [0, 0.05) is 17.8 Å². The van der Waals surface area contributed by atoms with Crippen LogP contribution in [0.25, 0.3) is 0 Å². The lowest BCUT2D eigenvalue weighted by atomic mass is 9.80. The molecule has 0 amide bonds. The Morgan fingerprint density at radius 3 is 2.76 bits per heavy atom. The smallest absolute Gasteiger partial charge is 0.137 e. The highest BCUT2D eigenvalue weighted by Crippen LogP contribution is 2.43. The molecule has 0 bridgehead atoms. The summed E-state index contributed by atoms with van der Waals surface area (Å²) in [6, 6.07) is 6.85. The topological polar surface area (TPSA) is 101 Å². The van der Waals surface area contributed by atoms with Crippen molar-refractivity contribution in [2.75, 3.05) is 19.8 Å². The average molecular weight is 400 g/mol. The average Bonchev–Trinajstić information content (AvgIpc) is 2.75. The van der Waals surface area contributed by atoms with E-state index in [-0.39, 0.29) is 13.2 Å². The first-order valence-corrected chi connectivity index (χ1v) is 9.81. The standard InChI is InChI=1S/C22H28N2O5/c1-4-22(5-2)21(26)20(18-12-16(13-23)8-9-19(18)29-22)24-14-17(28-6-3)15-27-11-7-10-25/h7-9,12,14,20-21,24,26H,4-6,11,15H2,1-3H3/t20-,21+/m1/s1. The van der Waals surface area contributed by atoms with Gasteiger partial charge in [-0.3, -0.25) is 0 Å². The fraction of sp³-hybridized carbons (Fsp3) is 0.500. The number of hydrogen-bond donors (Lipinski definition) is 2. The number of aliphatic hydroxyl groups excluding tert-OH is 1. The molecular weight excluding hydrogens is 372 g/mol. The Bertz CT molecular complexity index is 804. The Balaban J connectivity index is 2.34. The lowest BCUT2D eigenvalue weighted by Gasteiger charge is -2.45. The highest BCUT2D eigenvalue weighted by molar-refractivity contribution is 5.47. The molecule has 0 aromatic heterocycles. The predicted molar refractivity (Wildman–Crippen MR) is 108 cm³/mol. The van der Waals surface area contributed by atoms with E-state index in [0.717, 1.165) is 0 Å². The van der Waals surface area contributed by atoms with Crippen LogP contribution in [0.1, 0.15) is 50.8 Å². The molecule has 0 unspecified atom stereocenters. The predicted octanol–water partition coefficient (Wildman–Crippen LogP) is 2.78. The summed E-state index contributed by atoms with van der Waals surface area (Å²) in [6.07, 6.45) is 3.33. The maximum Gasteiger partial charge on any atom is 0.137 e. The molecule has 1 aliphatic rings. The molecular formula is C22H28N2O5. The van der Waals surface area contributed by atoms with Crippen LogP contribution >= 0.6 is 0 Å². The zero-order valence-electron chi connectivity index (χ0n) is 17.1. The molecule has 29 heavy (non-hydrogen) atoms. The zero-order chi connectivity index (χ0) is 21.3. The number of nitrogens with zero attached hydrogens (tertiary/aromatic N) is 1. The minimum Gasteiger partial charge on any atom is -0.494 e. The van der Waals surface area contributed by atoms with E-state index in [1.165, 1.54) is 6.08 Å². The van der Waals surface area contributed by atoms with Gasteiger partial charge in [0.05, 0.1) is 30.9 Å². The maximum atomic E-state index is 11.2. The van der Waals surface area contributed by atoms with Crippen LogP contribution in [0.3, 0.4) is 0 Å². The van der Waals surface area contributed by atoms with E-state index in [2.05, 4.69) is 11.4 Å². The molecule has 1 heterocycles. The SMILES string of the molecule is CCOC(=CN[C@@H]1c2cc(C#N)ccc2OC(CC)(CC)[C@H]1O)COCC=C=O. The van der Waals surface area contributed by atoms with Crippen molar-refractivity contribution in [2.24, 2.45) is 0 Å². The van der Waals surface area contributed by atoms with Crippen LogP contribution in [0, 0.1) is 11.3 Å². The lowest BCUT2D eigenvalue weighted by molar-refractivity contribution is -0.0903. The molecule has 0 fully saturated rings. The van der Waals surface area contributed by atoms with Gasteiger partial charge in [0.2, 0.25) is 0 Å². The van der Waals surface area contributed by atoms with E-state index >= 15 is 0 Å². The minimum atomic E-state index is -0.836. The summed E-state index contributed by atoms with van der Waals surface area (Å²) >= 11 is 0. The van der Waals surface area contributed by atoms with Gasteiger partial charge in [0.15, 0.2) is 0 Å². The Hall–Kier alpha value is -2.78. The number of nitrogens with one attached hydrogen (secondary N) is 1. The monoisotopic (exact) mass is 400 g/mol. The van der Waals surface area contributed by atoms with Gasteiger partial charge in [0.25, 0.3) is 0 Å². The summed E-state index contributed by atoms with van der Waals surface area (Å²) in [5.41, 5.74) is 0.472. The van der Waals surface area contributed by atoms with E-state index in [4.69, 9.17) is 14.2 Å². The van der Waals surface area contributed by atoms with Crippen molar-refractivity contribution in [1.82, 2.24) is 5.32 Å². The van der Waals surface area contributed by atoms with Gasteiger partial charge in [-0.1, -0.05) is 13.8 Å². The quantitative estimate of drug-likeness (QED) is 0.354. The third-order valence-electron chi connectivity index (χ3n) is 5.12. The normalized spacial score (nSPS) is 19.9. The molecule has 1 aromatic rings. The number of benzene rings is 1. The molecule has 0 saturated carbocycles. The Labute approximate surface area is 171 Å². The van der Waals surface area contributed by atoms with E-state index in [9.17, 15) is 15.2 Å². The van der Waals surface area contributed by atoms with Crippen LogP contribution in [0.2, 0.25) is 0 Å². The first-order valence-electron chi connectivity index (χ1n) is 9.81. The third kappa shape index (κ3) is 5.18. The molecule has 2 atom stereocenters. The summed E-state index contributed by atoms with van der Waals surface area (Å²) in [6.45, 7) is 6.56. The van der Waals surface area contributed by atoms with Crippen molar-refractivity contribution < 1.29 is 24.1 Å². The van der Waals surface area contributed by atoms with Gasteiger partial charge in [-0.15, -0.1) is 0 Å². The Kier molecular flexibility index (Phi) is 8.29. The van der Waals surface area contributed by atoms with Crippen molar-refractivity contribution in [3.05, 3.63) is 47.4 Å². The van der Waals surface area contributed by atoms with E-state index in [1.807, 2.05) is 20.8 Å². The van der Waals surface area contributed by atoms with Crippen molar-refractivity contribution in [3.8, 4) is 11.8 Å². The van der Waals surface area contributed by atoms with Crippen LogP contribution in [0.4, 0.5) is 0 Å². The number of ether oxygens (including phenoxy) is 3. The first-order chi connectivity index (χ1) is 14.0. The van der Waals surface area contributed by atoms with Crippen LogP contribution in [0.15, 0.2) is 36.2 Å². The fourth-order valence-corrected chi connectivity index (χ4v) is 3.45. The second-order valence-corrected chi connectivity index (χ2v) is 6.71. The zero-order valence-corrected chi connectivity index (χ0v) is 17.1. The largest absolute Gasteiger partial charge is 0.494 e. The number of carbonyl (C=O) groups excluding carboxylic acids is 1. The summed E-state index contributed by atoms with van der Waals surface area (Å²) < 4.78 is 17.1. The molecule has 2 N–H and O–H groups in total.